The Morgan fingerprint density at radius 1 is 1.56 bits per heavy atom. The van der Waals surface area contributed by atoms with E-state index in [1.165, 1.54) is 0 Å². The molecular weight excluding hydrogens is 334 g/mol. The van der Waals surface area contributed by atoms with Crippen LogP contribution in [-0.4, -0.2) is 4.98 Å². The molecule has 1 unspecified atom stereocenters. The van der Waals surface area contributed by atoms with E-state index in [-0.39, 0.29) is 6.04 Å². The van der Waals surface area contributed by atoms with Gasteiger partial charge in [0.2, 0.25) is 0 Å². The van der Waals surface area contributed by atoms with Crippen molar-refractivity contribution in [1.82, 2.24) is 10.4 Å². The highest BCUT2D eigenvalue weighted by Gasteiger charge is 2.15. The van der Waals surface area contributed by atoms with Gasteiger partial charge in [0, 0.05) is 21.3 Å². The standard InChI is InChI=1S/C12H13BrClN3S/c1-7-16-9(6-18-7)5-12(17-15)10-4-8(13)2-3-11(10)14/h2-4,6,12,17H,5,15H2,1H3. The molecule has 2 rings (SSSR count). The summed E-state index contributed by atoms with van der Waals surface area (Å²) in [6.45, 7) is 1.99. The van der Waals surface area contributed by atoms with Crippen LogP contribution in [0.3, 0.4) is 0 Å². The summed E-state index contributed by atoms with van der Waals surface area (Å²) in [7, 11) is 0. The zero-order chi connectivity index (χ0) is 13.1. The van der Waals surface area contributed by atoms with E-state index in [2.05, 4.69) is 26.3 Å². The molecule has 18 heavy (non-hydrogen) atoms. The Bertz CT molecular complexity index is 544. The van der Waals surface area contributed by atoms with Crippen LogP contribution in [0.2, 0.25) is 5.02 Å². The van der Waals surface area contributed by atoms with Crippen LogP contribution in [0.1, 0.15) is 22.3 Å². The third kappa shape index (κ3) is 3.30. The van der Waals surface area contributed by atoms with Crippen molar-refractivity contribution in [3.05, 3.63) is 49.3 Å². The Morgan fingerprint density at radius 3 is 2.94 bits per heavy atom. The highest BCUT2D eigenvalue weighted by atomic mass is 79.9. The molecule has 0 aliphatic carbocycles. The van der Waals surface area contributed by atoms with Crippen molar-refractivity contribution in [3.63, 3.8) is 0 Å². The lowest BCUT2D eigenvalue weighted by molar-refractivity contribution is 0.547. The van der Waals surface area contributed by atoms with Crippen LogP contribution in [-0.2, 0) is 6.42 Å². The van der Waals surface area contributed by atoms with Gasteiger partial charge < -0.3 is 0 Å². The second-order valence-corrected chi connectivity index (χ2v) is 6.33. The molecule has 6 heteroatoms. The van der Waals surface area contributed by atoms with Crippen LogP contribution in [0, 0.1) is 6.92 Å². The molecule has 1 aromatic carbocycles. The molecule has 3 N–H and O–H groups in total. The van der Waals surface area contributed by atoms with E-state index in [0.717, 1.165) is 27.2 Å². The molecule has 96 valence electrons. The summed E-state index contributed by atoms with van der Waals surface area (Å²) in [5, 5.41) is 3.81. The predicted molar refractivity (Wildman–Crippen MR) is 79.8 cm³/mol. The summed E-state index contributed by atoms with van der Waals surface area (Å²) in [5.74, 6) is 5.63. The molecule has 0 radical (unpaired) electrons. The van der Waals surface area contributed by atoms with E-state index in [1.54, 1.807) is 11.3 Å². The lowest BCUT2D eigenvalue weighted by atomic mass is 10.0. The largest absolute Gasteiger partial charge is 0.271 e. The molecule has 0 amide bonds. The first-order valence-electron chi connectivity index (χ1n) is 5.42. The van der Waals surface area contributed by atoms with E-state index in [1.807, 2.05) is 30.5 Å². The van der Waals surface area contributed by atoms with Gasteiger partial charge in [0.1, 0.15) is 0 Å². The number of benzene rings is 1. The van der Waals surface area contributed by atoms with Crippen LogP contribution < -0.4 is 11.3 Å². The third-order valence-electron chi connectivity index (χ3n) is 2.61. The molecule has 0 aliphatic heterocycles. The van der Waals surface area contributed by atoms with Crippen LogP contribution in [0.15, 0.2) is 28.1 Å². The number of hydrazine groups is 1. The van der Waals surface area contributed by atoms with Crippen molar-refractivity contribution < 1.29 is 0 Å². The van der Waals surface area contributed by atoms with E-state index >= 15 is 0 Å². The van der Waals surface area contributed by atoms with E-state index < -0.39 is 0 Å². The van der Waals surface area contributed by atoms with Gasteiger partial charge in [-0.3, -0.25) is 11.3 Å². The molecule has 0 fully saturated rings. The zero-order valence-corrected chi connectivity index (χ0v) is 12.9. The maximum Gasteiger partial charge on any atom is 0.0897 e. The Morgan fingerprint density at radius 2 is 2.33 bits per heavy atom. The smallest absolute Gasteiger partial charge is 0.0897 e. The summed E-state index contributed by atoms with van der Waals surface area (Å²) in [6, 6.07) is 5.70. The number of nitrogens with one attached hydrogen (secondary N) is 1. The second kappa shape index (κ2) is 6.12. The molecular formula is C12H13BrClN3S. The zero-order valence-electron chi connectivity index (χ0n) is 9.78. The number of halogens is 2. The van der Waals surface area contributed by atoms with Crippen molar-refractivity contribution >= 4 is 38.9 Å². The van der Waals surface area contributed by atoms with Gasteiger partial charge in [-0.05, 0) is 30.7 Å². The lowest BCUT2D eigenvalue weighted by Crippen LogP contribution is -2.30. The van der Waals surface area contributed by atoms with Crippen molar-refractivity contribution in [2.45, 2.75) is 19.4 Å². The summed E-state index contributed by atoms with van der Waals surface area (Å²) in [5.41, 5.74) is 4.80. The van der Waals surface area contributed by atoms with Crippen molar-refractivity contribution in [2.75, 3.05) is 0 Å². The monoisotopic (exact) mass is 345 g/mol. The van der Waals surface area contributed by atoms with Crippen LogP contribution in [0.5, 0.6) is 0 Å². The molecule has 0 saturated heterocycles. The fourth-order valence-electron chi connectivity index (χ4n) is 1.75. The minimum atomic E-state index is -0.0449. The predicted octanol–water partition coefficient (Wildman–Crippen LogP) is 3.61. The first-order valence-corrected chi connectivity index (χ1v) is 7.47. The molecule has 0 saturated carbocycles. The summed E-state index contributed by atoms with van der Waals surface area (Å²) >= 11 is 11.3. The lowest BCUT2D eigenvalue weighted by Gasteiger charge is -2.17. The van der Waals surface area contributed by atoms with Gasteiger partial charge in [0.25, 0.3) is 0 Å². The molecule has 1 aromatic heterocycles. The maximum atomic E-state index is 6.21. The second-order valence-electron chi connectivity index (χ2n) is 3.95. The average molecular weight is 347 g/mol. The Balaban J connectivity index is 2.25. The van der Waals surface area contributed by atoms with Gasteiger partial charge >= 0.3 is 0 Å². The average Bonchev–Trinajstić information content (AvgIpc) is 2.75. The normalized spacial score (nSPS) is 12.7. The van der Waals surface area contributed by atoms with Gasteiger partial charge in [-0.25, -0.2) is 4.98 Å². The van der Waals surface area contributed by atoms with Crippen LogP contribution >= 0.6 is 38.9 Å². The quantitative estimate of drug-likeness (QED) is 0.657. The topological polar surface area (TPSA) is 50.9 Å². The van der Waals surface area contributed by atoms with E-state index in [0.29, 0.717) is 5.02 Å². The maximum absolute atomic E-state index is 6.21. The molecule has 0 spiro atoms. The number of nitrogens with zero attached hydrogens (tertiary/aromatic N) is 1. The Hall–Kier alpha value is -0.460. The summed E-state index contributed by atoms with van der Waals surface area (Å²) in [4.78, 5) is 4.44. The molecule has 2 aromatic rings. The van der Waals surface area contributed by atoms with Gasteiger partial charge in [-0.1, -0.05) is 27.5 Å². The molecule has 1 heterocycles. The van der Waals surface area contributed by atoms with Gasteiger partial charge in [0.15, 0.2) is 0 Å². The first kappa shape index (κ1) is 14.0. The van der Waals surface area contributed by atoms with Crippen molar-refractivity contribution in [1.29, 1.82) is 0 Å². The highest BCUT2D eigenvalue weighted by Crippen LogP contribution is 2.28. The summed E-state index contributed by atoms with van der Waals surface area (Å²) < 4.78 is 0.983. The van der Waals surface area contributed by atoms with Crippen LogP contribution in [0.25, 0.3) is 0 Å². The first-order chi connectivity index (χ1) is 8.60. The molecule has 1 atom stereocenters. The van der Waals surface area contributed by atoms with Crippen molar-refractivity contribution in [3.8, 4) is 0 Å². The highest BCUT2D eigenvalue weighted by molar-refractivity contribution is 9.10. The van der Waals surface area contributed by atoms with E-state index in [4.69, 9.17) is 17.4 Å². The number of rotatable bonds is 4. The number of thiazole rings is 1. The molecule has 0 bridgehead atoms. The Labute approximate surface area is 123 Å². The number of nitrogens with two attached hydrogens (primary N) is 1. The number of hydrogen-bond acceptors (Lipinski definition) is 4. The van der Waals surface area contributed by atoms with Crippen molar-refractivity contribution in [2.24, 2.45) is 5.84 Å². The number of aromatic nitrogens is 1. The Kier molecular flexibility index (Phi) is 4.75. The number of aryl methyl sites for hydroxylation is 1. The van der Waals surface area contributed by atoms with Gasteiger partial charge in [0.05, 0.1) is 16.7 Å². The fourth-order valence-corrected chi connectivity index (χ4v) is 3.00. The third-order valence-corrected chi connectivity index (χ3v) is 4.27. The number of hydrogen-bond donors (Lipinski definition) is 2. The minimum absolute atomic E-state index is 0.0449. The SMILES string of the molecule is Cc1nc(CC(NN)c2cc(Br)ccc2Cl)cs1. The minimum Gasteiger partial charge on any atom is -0.271 e. The summed E-state index contributed by atoms with van der Waals surface area (Å²) in [6.07, 6.45) is 0.719. The van der Waals surface area contributed by atoms with Gasteiger partial charge in [-0.2, -0.15) is 0 Å². The van der Waals surface area contributed by atoms with E-state index in [9.17, 15) is 0 Å². The molecule has 0 aliphatic rings. The molecule has 3 nitrogen and oxygen atoms in total. The van der Waals surface area contributed by atoms with Crippen LogP contribution in [0.4, 0.5) is 0 Å². The fraction of sp³-hybridized carbons (Fsp3) is 0.250. The van der Waals surface area contributed by atoms with Gasteiger partial charge in [-0.15, -0.1) is 11.3 Å².